The molecule has 0 amide bonds. The molecule has 0 aromatic heterocycles. The van der Waals surface area contributed by atoms with Gasteiger partial charge in [-0.05, 0) is 79.5 Å². The van der Waals surface area contributed by atoms with Crippen LogP contribution in [0.15, 0.2) is 48.5 Å². The molecule has 1 saturated heterocycles. The summed E-state index contributed by atoms with van der Waals surface area (Å²) in [5.74, 6) is 0.397. The first-order chi connectivity index (χ1) is 11.6. The van der Waals surface area contributed by atoms with Gasteiger partial charge in [0, 0.05) is 17.6 Å². The number of phenolic OH excluding ortho intramolecular Hbond substituents is 1. The zero-order valence-electron chi connectivity index (χ0n) is 13.9. The number of likely N-dealkylation sites (tertiary alicyclic amines) is 1. The van der Waals surface area contributed by atoms with Crippen LogP contribution in [0.2, 0.25) is 5.02 Å². The number of halogens is 1. The Balaban J connectivity index is 1.43. The van der Waals surface area contributed by atoms with Crippen molar-refractivity contribution >= 4 is 11.6 Å². The van der Waals surface area contributed by atoms with Gasteiger partial charge in [-0.1, -0.05) is 35.9 Å². The van der Waals surface area contributed by atoms with Crippen LogP contribution in [0.1, 0.15) is 36.8 Å². The minimum Gasteiger partial charge on any atom is -0.508 e. The van der Waals surface area contributed by atoms with Crippen molar-refractivity contribution in [3.63, 3.8) is 0 Å². The Hall–Kier alpha value is -1.51. The molecule has 2 bridgehead atoms. The van der Waals surface area contributed by atoms with Gasteiger partial charge >= 0.3 is 0 Å². The fourth-order valence-electron chi connectivity index (χ4n) is 4.68. The van der Waals surface area contributed by atoms with Crippen LogP contribution in [-0.2, 0) is 11.8 Å². The molecule has 0 radical (unpaired) electrons. The fourth-order valence-corrected chi connectivity index (χ4v) is 4.89. The van der Waals surface area contributed by atoms with Crippen LogP contribution in [0.4, 0.5) is 0 Å². The van der Waals surface area contributed by atoms with Crippen molar-refractivity contribution in [3.05, 3.63) is 64.7 Å². The van der Waals surface area contributed by atoms with Crippen LogP contribution < -0.4 is 0 Å². The van der Waals surface area contributed by atoms with Gasteiger partial charge < -0.3 is 5.11 Å². The van der Waals surface area contributed by atoms with Gasteiger partial charge in [-0.2, -0.15) is 0 Å². The van der Waals surface area contributed by atoms with E-state index < -0.39 is 0 Å². The van der Waals surface area contributed by atoms with E-state index in [1.807, 2.05) is 24.3 Å². The quantitative estimate of drug-likeness (QED) is 0.864. The molecule has 2 aromatic carbocycles. The number of hydrogen-bond acceptors (Lipinski definition) is 2. The fraction of sp³-hybridized carbons (Fsp3) is 0.429. The van der Waals surface area contributed by atoms with E-state index >= 15 is 0 Å². The molecule has 24 heavy (non-hydrogen) atoms. The number of aromatic hydroxyl groups is 1. The van der Waals surface area contributed by atoms with Crippen LogP contribution in [-0.4, -0.2) is 29.1 Å². The van der Waals surface area contributed by atoms with Gasteiger partial charge in [0.2, 0.25) is 0 Å². The molecule has 1 saturated carbocycles. The molecule has 2 fully saturated rings. The molecular weight excluding hydrogens is 318 g/mol. The van der Waals surface area contributed by atoms with E-state index in [4.69, 9.17) is 11.6 Å². The highest BCUT2D eigenvalue weighted by Crippen LogP contribution is 2.49. The van der Waals surface area contributed by atoms with Crippen LogP contribution in [0.3, 0.4) is 0 Å². The van der Waals surface area contributed by atoms with E-state index in [0.29, 0.717) is 11.8 Å². The van der Waals surface area contributed by atoms with E-state index in [-0.39, 0.29) is 5.41 Å². The summed E-state index contributed by atoms with van der Waals surface area (Å²) in [5, 5.41) is 10.7. The number of nitrogens with zero attached hydrogens (tertiary/aromatic N) is 1. The summed E-state index contributed by atoms with van der Waals surface area (Å²) in [7, 11) is 0. The summed E-state index contributed by atoms with van der Waals surface area (Å²) >= 11 is 6.09. The van der Waals surface area contributed by atoms with Crippen LogP contribution in [0, 0.1) is 0 Å². The average molecular weight is 342 g/mol. The summed E-state index contributed by atoms with van der Waals surface area (Å²) in [6.45, 7) is 2.27. The molecule has 1 aliphatic heterocycles. The molecule has 1 heterocycles. The highest BCUT2D eigenvalue weighted by molar-refractivity contribution is 6.30. The van der Waals surface area contributed by atoms with Gasteiger partial charge in [-0.3, -0.25) is 4.90 Å². The Bertz CT molecular complexity index is 731. The number of hydrogen-bond donors (Lipinski definition) is 1. The van der Waals surface area contributed by atoms with Crippen molar-refractivity contribution in [1.82, 2.24) is 4.90 Å². The van der Waals surface area contributed by atoms with Crippen molar-refractivity contribution in [2.75, 3.05) is 13.1 Å². The van der Waals surface area contributed by atoms with E-state index in [2.05, 4.69) is 23.1 Å². The van der Waals surface area contributed by atoms with Gasteiger partial charge in [0.1, 0.15) is 5.75 Å². The lowest BCUT2D eigenvalue weighted by Crippen LogP contribution is -2.43. The molecule has 2 unspecified atom stereocenters. The number of benzene rings is 2. The van der Waals surface area contributed by atoms with Crippen LogP contribution in [0.5, 0.6) is 5.75 Å². The van der Waals surface area contributed by atoms with Gasteiger partial charge in [0.15, 0.2) is 0 Å². The first-order valence-electron chi connectivity index (χ1n) is 8.93. The first kappa shape index (κ1) is 16.0. The zero-order valence-corrected chi connectivity index (χ0v) is 14.7. The average Bonchev–Trinajstić information content (AvgIpc) is 2.93. The van der Waals surface area contributed by atoms with Crippen molar-refractivity contribution in [2.45, 2.75) is 43.6 Å². The standard InChI is InChI=1S/C21H24ClNO/c22-18-5-1-3-16(13-18)8-11-23-12-10-21(9-7-19(23)15-21)17-4-2-6-20(24)14-17/h1-6,13-14,19,24H,7-12,15H2. The number of phenols is 1. The highest BCUT2D eigenvalue weighted by Gasteiger charge is 2.46. The van der Waals surface area contributed by atoms with E-state index in [1.165, 1.54) is 36.8 Å². The lowest BCUT2D eigenvalue weighted by molar-refractivity contribution is 0.142. The third-order valence-electron chi connectivity index (χ3n) is 6.01. The summed E-state index contributed by atoms with van der Waals surface area (Å²) < 4.78 is 0. The second kappa shape index (κ2) is 6.42. The van der Waals surface area contributed by atoms with E-state index in [1.54, 1.807) is 6.07 Å². The second-order valence-electron chi connectivity index (χ2n) is 7.39. The lowest BCUT2D eigenvalue weighted by Gasteiger charge is -2.40. The molecule has 1 N–H and O–H groups in total. The third kappa shape index (κ3) is 3.05. The Labute approximate surface area is 149 Å². The maximum absolute atomic E-state index is 9.83. The molecule has 2 aliphatic rings. The molecule has 4 rings (SSSR count). The number of fused-ring (bicyclic) bond motifs is 2. The summed E-state index contributed by atoms with van der Waals surface area (Å²) in [5.41, 5.74) is 2.94. The van der Waals surface area contributed by atoms with E-state index in [0.717, 1.165) is 24.5 Å². The number of piperidine rings is 1. The predicted octanol–water partition coefficient (Wildman–Crippen LogP) is 4.78. The Morgan fingerprint density at radius 1 is 1.12 bits per heavy atom. The van der Waals surface area contributed by atoms with Gasteiger partial charge in [0.05, 0.1) is 0 Å². The maximum atomic E-state index is 9.83. The van der Waals surface area contributed by atoms with Gasteiger partial charge in [-0.15, -0.1) is 0 Å². The van der Waals surface area contributed by atoms with Crippen LogP contribution in [0.25, 0.3) is 0 Å². The van der Waals surface area contributed by atoms with E-state index in [9.17, 15) is 5.11 Å². The van der Waals surface area contributed by atoms with Crippen molar-refractivity contribution in [1.29, 1.82) is 0 Å². The Morgan fingerprint density at radius 3 is 2.83 bits per heavy atom. The van der Waals surface area contributed by atoms with Crippen LogP contribution >= 0.6 is 11.6 Å². The monoisotopic (exact) mass is 341 g/mol. The van der Waals surface area contributed by atoms with Gasteiger partial charge in [0.25, 0.3) is 0 Å². The maximum Gasteiger partial charge on any atom is 0.115 e. The largest absolute Gasteiger partial charge is 0.508 e. The molecular formula is C21H24ClNO. The molecule has 0 spiro atoms. The summed E-state index contributed by atoms with van der Waals surface area (Å²) in [6, 6.07) is 16.8. The molecule has 2 nitrogen and oxygen atoms in total. The SMILES string of the molecule is Oc1cccc(C23CCC(C2)N(CCc2cccc(Cl)c2)CC3)c1. The smallest absolute Gasteiger partial charge is 0.115 e. The number of rotatable bonds is 4. The Morgan fingerprint density at radius 2 is 2.00 bits per heavy atom. The molecule has 3 heteroatoms. The van der Waals surface area contributed by atoms with Crippen molar-refractivity contribution in [2.24, 2.45) is 0 Å². The Kier molecular flexibility index (Phi) is 4.28. The molecule has 2 aromatic rings. The first-order valence-corrected chi connectivity index (χ1v) is 9.30. The molecule has 126 valence electrons. The van der Waals surface area contributed by atoms with Crippen molar-refractivity contribution in [3.8, 4) is 5.75 Å². The lowest BCUT2D eigenvalue weighted by atomic mass is 9.74. The second-order valence-corrected chi connectivity index (χ2v) is 7.83. The third-order valence-corrected chi connectivity index (χ3v) is 6.25. The topological polar surface area (TPSA) is 23.5 Å². The minimum absolute atomic E-state index is 0.288. The predicted molar refractivity (Wildman–Crippen MR) is 98.8 cm³/mol. The van der Waals surface area contributed by atoms with Crippen molar-refractivity contribution < 1.29 is 5.11 Å². The zero-order chi connectivity index (χ0) is 16.6. The highest BCUT2D eigenvalue weighted by atomic mass is 35.5. The summed E-state index contributed by atoms with van der Waals surface area (Å²) in [6.07, 6.45) is 6.00. The molecule has 2 atom stereocenters. The normalized spacial score (nSPS) is 26.6. The minimum atomic E-state index is 0.288. The molecule has 1 aliphatic carbocycles. The summed E-state index contributed by atoms with van der Waals surface area (Å²) in [4.78, 5) is 2.66. The van der Waals surface area contributed by atoms with Gasteiger partial charge in [-0.25, -0.2) is 0 Å².